The van der Waals surface area contributed by atoms with Gasteiger partial charge in [0.15, 0.2) is 0 Å². The molecule has 0 bridgehead atoms. The third kappa shape index (κ3) is 3.96. The number of rotatable bonds is 5. The summed E-state index contributed by atoms with van der Waals surface area (Å²) in [5.41, 5.74) is 0.930. The van der Waals surface area contributed by atoms with Crippen LogP contribution in [-0.2, 0) is 17.6 Å². The molecule has 0 unspecified atom stereocenters. The standard InChI is InChI=1S/C12H13N3OS/c16-11(8-10-2-1-4-13-9-10)14-5-3-12-15-6-7-17-12/h1-2,4,6-7,9H,3,5,8H2,(H,14,16). The number of hydrogen-bond donors (Lipinski definition) is 1. The zero-order valence-corrected chi connectivity index (χ0v) is 10.1. The Labute approximate surface area is 104 Å². The van der Waals surface area contributed by atoms with Crippen LogP contribution >= 0.6 is 11.3 Å². The molecule has 2 aromatic heterocycles. The predicted octanol–water partition coefficient (Wildman–Crippen LogP) is 1.44. The Morgan fingerprint density at radius 3 is 3.06 bits per heavy atom. The molecule has 0 aliphatic carbocycles. The predicted molar refractivity (Wildman–Crippen MR) is 66.8 cm³/mol. The van der Waals surface area contributed by atoms with Crippen LogP contribution in [0.1, 0.15) is 10.6 Å². The highest BCUT2D eigenvalue weighted by molar-refractivity contribution is 7.09. The molecule has 0 aromatic carbocycles. The van der Waals surface area contributed by atoms with Gasteiger partial charge in [0.25, 0.3) is 0 Å². The summed E-state index contributed by atoms with van der Waals surface area (Å²) in [5, 5.41) is 5.85. The number of nitrogens with one attached hydrogen (secondary N) is 1. The van der Waals surface area contributed by atoms with Crippen LogP contribution in [-0.4, -0.2) is 22.4 Å². The summed E-state index contributed by atoms with van der Waals surface area (Å²) in [6, 6.07) is 3.73. The van der Waals surface area contributed by atoms with E-state index in [9.17, 15) is 4.79 Å². The summed E-state index contributed by atoms with van der Waals surface area (Å²) < 4.78 is 0. The Kier molecular flexibility index (Phi) is 4.21. The molecule has 0 fully saturated rings. The monoisotopic (exact) mass is 247 g/mol. The van der Waals surface area contributed by atoms with Gasteiger partial charge in [-0.25, -0.2) is 4.98 Å². The first kappa shape index (κ1) is 11.7. The lowest BCUT2D eigenvalue weighted by Gasteiger charge is -2.03. The Balaban J connectivity index is 1.71. The fourth-order valence-electron chi connectivity index (χ4n) is 1.44. The molecule has 0 saturated heterocycles. The summed E-state index contributed by atoms with van der Waals surface area (Å²) in [7, 11) is 0. The lowest BCUT2D eigenvalue weighted by atomic mass is 10.2. The summed E-state index contributed by atoms with van der Waals surface area (Å²) in [5.74, 6) is 0.0227. The van der Waals surface area contributed by atoms with Crippen molar-refractivity contribution in [1.82, 2.24) is 15.3 Å². The van der Waals surface area contributed by atoms with E-state index in [4.69, 9.17) is 0 Å². The van der Waals surface area contributed by atoms with E-state index in [0.29, 0.717) is 13.0 Å². The van der Waals surface area contributed by atoms with Crippen LogP contribution in [0.5, 0.6) is 0 Å². The van der Waals surface area contributed by atoms with Crippen molar-refractivity contribution in [2.24, 2.45) is 0 Å². The second kappa shape index (κ2) is 6.10. The molecule has 2 heterocycles. The first-order chi connectivity index (χ1) is 8.34. The number of pyridine rings is 1. The van der Waals surface area contributed by atoms with E-state index in [2.05, 4.69) is 15.3 Å². The van der Waals surface area contributed by atoms with Crippen molar-refractivity contribution < 1.29 is 4.79 Å². The van der Waals surface area contributed by atoms with Crippen molar-refractivity contribution >= 4 is 17.2 Å². The topological polar surface area (TPSA) is 54.9 Å². The third-order valence-electron chi connectivity index (χ3n) is 2.23. The van der Waals surface area contributed by atoms with Gasteiger partial charge in [0.05, 0.1) is 11.4 Å². The minimum atomic E-state index is 0.0227. The molecular weight excluding hydrogens is 234 g/mol. The SMILES string of the molecule is O=C(Cc1cccnc1)NCCc1nccs1. The van der Waals surface area contributed by atoms with Crippen molar-refractivity contribution in [1.29, 1.82) is 0 Å². The largest absolute Gasteiger partial charge is 0.355 e. The van der Waals surface area contributed by atoms with Crippen molar-refractivity contribution in [2.45, 2.75) is 12.8 Å². The zero-order chi connectivity index (χ0) is 11.9. The van der Waals surface area contributed by atoms with E-state index in [0.717, 1.165) is 17.0 Å². The maximum Gasteiger partial charge on any atom is 0.224 e. The molecule has 4 nitrogen and oxygen atoms in total. The molecular formula is C12H13N3OS. The molecule has 88 valence electrons. The fraction of sp³-hybridized carbons (Fsp3) is 0.250. The first-order valence-electron chi connectivity index (χ1n) is 5.38. The second-order valence-electron chi connectivity index (χ2n) is 3.56. The Hall–Kier alpha value is -1.75. The fourth-order valence-corrected chi connectivity index (χ4v) is 2.06. The number of amides is 1. The van der Waals surface area contributed by atoms with Crippen LogP contribution < -0.4 is 5.32 Å². The quantitative estimate of drug-likeness (QED) is 0.869. The summed E-state index contributed by atoms with van der Waals surface area (Å²) in [6.45, 7) is 0.632. The molecule has 0 spiro atoms. The van der Waals surface area contributed by atoms with Gasteiger partial charge in [-0.05, 0) is 11.6 Å². The van der Waals surface area contributed by atoms with Gasteiger partial charge in [-0.1, -0.05) is 6.07 Å². The summed E-state index contributed by atoms with van der Waals surface area (Å²) in [4.78, 5) is 19.7. The van der Waals surface area contributed by atoms with Crippen LogP contribution in [0.2, 0.25) is 0 Å². The molecule has 1 N–H and O–H groups in total. The van der Waals surface area contributed by atoms with E-state index in [1.54, 1.807) is 29.9 Å². The minimum absolute atomic E-state index is 0.0227. The van der Waals surface area contributed by atoms with E-state index < -0.39 is 0 Å². The highest BCUT2D eigenvalue weighted by atomic mass is 32.1. The highest BCUT2D eigenvalue weighted by Gasteiger charge is 2.03. The smallest absolute Gasteiger partial charge is 0.224 e. The van der Waals surface area contributed by atoms with Crippen LogP contribution in [0.4, 0.5) is 0 Å². The molecule has 0 saturated carbocycles. The molecule has 17 heavy (non-hydrogen) atoms. The number of aromatic nitrogens is 2. The molecule has 0 aliphatic rings. The summed E-state index contributed by atoms with van der Waals surface area (Å²) in [6.07, 6.45) is 6.35. The van der Waals surface area contributed by atoms with E-state index in [1.165, 1.54) is 0 Å². The molecule has 0 radical (unpaired) electrons. The average Bonchev–Trinajstić information content (AvgIpc) is 2.83. The van der Waals surface area contributed by atoms with Gasteiger partial charge in [0, 0.05) is 36.9 Å². The number of carbonyl (C=O) groups excluding carboxylic acids is 1. The van der Waals surface area contributed by atoms with Crippen molar-refractivity contribution in [3.8, 4) is 0 Å². The lowest BCUT2D eigenvalue weighted by Crippen LogP contribution is -2.27. The van der Waals surface area contributed by atoms with E-state index >= 15 is 0 Å². The van der Waals surface area contributed by atoms with E-state index in [-0.39, 0.29) is 5.91 Å². The molecule has 0 atom stereocenters. The van der Waals surface area contributed by atoms with Gasteiger partial charge in [-0.15, -0.1) is 11.3 Å². The van der Waals surface area contributed by atoms with Crippen LogP contribution in [0.3, 0.4) is 0 Å². The van der Waals surface area contributed by atoms with Gasteiger partial charge >= 0.3 is 0 Å². The van der Waals surface area contributed by atoms with Crippen molar-refractivity contribution in [2.75, 3.05) is 6.54 Å². The maximum atomic E-state index is 11.6. The Morgan fingerprint density at radius 1 is 1.41 bits per heavy atom. The average molecular weight is 247 g/mol. The van der Waals surface area contributed by atoms with Crippen molar-refractivity contribution in [3.05, 3.63) is 46.7 Å². The zero-order valence-electron chi connectivity index (χ0n) is 9.30. The molecule has 5 heteroatoms. The van der Waals surface area contributed by atoms with Gasteiger partial charge in [0.2, 0.25) is 5.91 Å². The molecule has 1 amide bonds. The first-order valence-corrected chi connectivity index (χ1v) is 6.26. The van der Waals surface area contributed by atoms with Gasteiger partial charge in [-0.2, -0.15) is 0 Å². The number of carbonyl (C=O) groups is 1. The highest BCUT2D eigenvalue weighted by Crippen LogP contribution is 2.03. The van der Waals surface area contributed by atoms with Crippen LogP contribution in [0, 0.1) is 0 Å². The number of nitrogens with zero attached hydrogens (tertiary/aromatic N) is 2. The van der Waals surface area contributed by atoms with Crippen molar-refractivity contribution in [3.63, 3.8) is 0 Å². The van der Waals surface area contributed by atoms with Gasteiger partial charge in [0.1, 0.15) is 0 Å². The van der Waals surface area contributed by atoms with Crippen LogP contribution in [0.15, 0.2) is 36.1 Å². The molecule has 2 rings (SSSR count). The van der Waals surface area contributed by atoms with Gasteiger partial charge in [-0.3, -0.25) is 9.78 Å². The normalized spacial score (nSPS) is 10.1. The Bertz CT molecular complexity index is 456. The molecule has 0 aliphatic heterocycles. The number of hydrogen-bond acceptors (Lipinski definition) is 4. The van der Waals surface area contributed by atoms with E-state index in [1.807, 2.05) is 17.5 Å². The Morgan fingerprint density at radius 2 is 2.35 bits per heavy atom. The van der Waals surface area contributed by atoms with Crippen LogP contribution in [0.25, 0.3) is 0 Å². The third-order valence-corrected chi connectivity index (χ3v) is 3.07. The number of thiazole rings is 1. The molecule has 2 aromatic rings. The second-order valence-corrected chi connectivity index (χ2v) is 4.54. The van der Waals surface area contributed by atoms with Gasteiger partial charge < -0.3 is 5.32 Å². The summed E-state index contributed by atoms with van der Waals surface area (Å²) >= 11 is 1.61. The maximum absolute atomic E-state index is 11.6. The minimum Gasteiger partial charge on any atom is -0.355 e. The lowest BCUT2D eigenvalue weighted by molar-refractivity contribution is -0.120.